The molecular formula is C15H9N3. The van der Waals surface area contributed by atoms with Crippen LogP contribution in [0.15, 0.2) is 36.4 Å². The first kappa shape index (κ1) is 10.4. The van der Waals surface area contributed by atoms with Crippen LogP contribution >= 0.6 is 0 Å². The molecule has 0 unspecified atom stereocenters. The van der Waals surface area contributed by atoms with Crippen molar-refractivity contribution in [3.8, 4) is 12.1 Å². The van der Waals surface area contributed by atoms with Crippen molar-refractivity contribution in [3.63, 3.8) is 0 Å². The maximum atomic E-state index is 9.17. The van der Waals surface area contributed by atoms with Gasteiger partial charge in [0.05, 0.1) is 22.7 Å². The van der Waals surface area contributed by atoms with Crippen molar-refractivity contribution in [2.24, 2.45) is 7.05 Å². The molecule has 0 radical (unpaired) electrons. The molecule has 0 aliphatic rings. The second-order valence-electron chi connectivity index (χ2n) is 4.22. The molecule has 0 bridgehead atoms. The van der Waals surface area contributed by atoms with Crippen LogP contribution in [0.1, 0.15) is 11.1 Å². The van der Waals surface area contributed by atoms with Crippen LogP contribution in [-0.4, -0.2) is 4.57 Å². The number of fused-ring (bicyclic) bond motifs is 3. The highest BCUT2D eigenvalue weighted by Gasteiger charge is 2.11. The molecule has 0 amide bonds. The molecule has 1 heterocycles. The number of hydrogen-bond donors (Lipinski definition) is 0. The Hall–Kier alpha value is -2.78. The molecule has 84 valence electrons. The third-order valence-corrected chi connectivity index (χ3v) is 3.27. The molecule has 3 nitrogen and oxygen atoms in total. The molecule has 0 fully saturated rings. The van der Waals surface area contributed by atoms with Crippen molar-refractivity contribution in [2.75, 3.05) is 0 Å². The van der Waals surface area contributed by atoms with Gasteiger partial charge >= 0.3 is 0 Å². The quantitative estimate of drug-likeness (QED) is 0.597. The summed E-state index contributed by atoms with van der Waals surface area (Å²) >= 11 is 0. The minimum absolute atomic E-state index is 0.636. The number of rotatable bonds is 0. The van der Waals surface area contributed by atoms with E-state index in [2.05, 4.69) is 12.1 Å². The zero-order valence-electron chi connectivity index (χ0n) is 9.81. The van der Waals surface area contributed by atoms with Gasteiger partial charge in [0, 0.05) is 23.3 Å². The van der Waals surface area contributed by atoms with Crippen LogP contribution in [0, 0.1) is 22.7 Å². The third-order valence-electron chi connectivity index (χ3n) is 3.27. The third kappa shape index (κ3) is 1.22. The number of aromatic nitrogens is 1. The number of nitrogens with zero attached hydrogens (tertiary/aromatic N) is 3. The van der Waals surface area contributed by atoms with Gasteiger partial charge in [0.25, 0.3) is 0 Å². The van der Waals surface area contributed by atoms with Crippen LogP contribution in [0.5, 0.6) is 0 Å². The predicted molar refractivity (Wildman–Crippen MR) is 69.9 cm³/mol. The summed E-state index contributed by atoms with van der Waals surface area (Å²) in [6.07, 6.45) is 0. The van der Waals surface area contributed by atoms with E-state index in [1.165, 1.54) is 0 Å². The summed E-state index contributed by atoms with van der Waals surface area (Å²) in [7, 11) is 1.94. The van der Waals surface area contributed by atoms with Crippen molar-refractivity contribution < 1.29 is 0 Å². The Balaban J connectivity index is 2.60. The van der Waals surface area contributed by atoms with Gasteiger partial charge < -0.3 is 4.57 Å². The number of benzene rings is 2. The molecule has 1 aromatic heterocycles. The Bertz CT molecular complexity index is 857. The fourth-order valence-electron chi connectivity index (χ4n) is 2.45. The molecule has 0 aliphatic heterocycles. The lowest BCUT2D eigenvalue weighted by atomic mass is 10.1. The minimum atomic E-state index is 0.636. The number of nitriles is 2. The standard InChI is InChI=1S/C15H9N3/c1-18-14-6-5-10(8-16)7-13(14)12-4-2-3-11(9-17)15(12)18/h2-7H,1H3. The summed E-state index contributed by atoms with van der Waals surface area (Å²) < 4.78 is 2.00. The summed E-state index contributed by atoms with van der Waals surface area (Å²) in [5, 5.41) is 20.2. The molecule has 3 aromatic rings. The van der Waals surface area contributed by atoms with Gasteiger partial charge in [0.15, 0.2) is 0 Å². The summed E-state index contributed by atoms with van der Waals surface area (Å²) in [6, 6.07) is 15.6. The van der Waals surface area contributed by atoms with Gasteiger partial charge in [-0.2, -0.15) is 10.5 Å². The smallest absolute Gasteiger partial charge is 0.101 e. The van der Waals surface area contributed by atoms with Gasteiger partial charge in [0.1, 0.15) is 6.07 Å². The Morgan fingerprint density at radius 3 is 2.56 bits per heavy atom. The van der Waals surface area contributed by atoms with Gasteiger partial charge in [-0.05, 0) is 24.3 Å². The van der Waals surface area contributed by atoms with Crippen LogP contribution in [0.4, 0.5) is 0 Å². The van der Waals surface area contributed by atoms with Gasteiger partial charge in [-0.1, -0.05) is 12.1 Å². The average molecular weight is 231 g/mol. The monoisotopic (exact) mass is 231 g/mol. The minimum Gasteiger partial charge on any atom is -0.343 e. The first-order valence-electron chi connectivity index (χ1n) is 5.57. The van der Waals surface area contributed by atoms with Gasteiger partial charge in [0.2, 0.25) is 0 Å². The Kier molecular flexibility index (Phi) is 2.08. The Labute approximate surface area is 104 Å². The highest BCUT2D eigenvalue weighted by molar-refractivity contribution is 6.10. The van der Waals surface area contributed by atoms with Crippen molar-refractivity contribution in [1.29, 1.82) is 10.5 Å². The molecule has 3 rings (SSSR count). The van der Waals surface area contributed by atoms with E-state index < -0.39 is 0 Å². The summed E-state index contributed by atoms with van der Waals surface area (Å²) in [5.74, 6) is 0. The Morgan fingerprint density at radius 2 is 1.83 bits per heavy atom. The zero-order chi connectivity index (χ0) is 12.7. The molecule has 0 saturated carbocycles. The van der Waals surface area contributed by atoms with Crippen molar-refractivity contribution in [2.45, 2.75) is 0 Å². The maximum Gasteiger partial charge on any atom is 0.101 e. The van der Waals surface area contributed by atoms with E-state index in [0.717, 1.165) is 21.8 Å². The van der Waals surface area contributed by atoms with E-state index in [4.69, 9.17) is 5.26 Å². The lowest BCUT2D eigenvalue weighted by Gasteiger charge is -1.98. The highest BCUT2D eigenvalue weighted by Crippen LogP contribution is 2.30. The van der Waals surface area contributed by atoms with Crippen LogP contribution < -0.4 is 0 Å². The first-order valence-corrected chi connectivity index (χ1v) is 5.57. The van der Waals surface area contributed by atoms with Gasteiger partial charge in [-0.3, -0.25) is 0 Å². The molecule has 3 heteroatoms. The van der Waals surface area contributed by atoms with Gasteiger partial charge in [-0.25, -0.2) is 0 Å². The summed E-state index contributed by atoms with van der Waals surface area (Å²) in [6.45, 7) is 0. The lowest BCUT2D eigenvalue weighted by Crippen LogP contribution is -1.89. The lowest BCUT2D eigenvalue weighted by molar-refractivity contribution is 1.01. The van der Waals surface area contributed by atoms with Crippen molar-refractivity contribution in [1.82, 2.24) is 4.57 Å². The van der Waals surface area contributed by atoms with Crippen LogP contribution in [0.2, 0.25) is 0 Å². The second kappa shape index (κ2) is 3.61. The number of aryl methyl sites for hydroxylation is 1. The first-order chi connectivity index (χ1) is 8.76. The van der Waals surface area contributed by atoms with Crippen LogP contribution in [0.3, 0.4) is 0 Å². The normalized spacial score (nSPS) is 10.4. The van der Waals surface area contributed by atoms with Crippen LogP contribution in [-0.2, 0) is 7.05 Å². The molecule has 0 spiro atoms. The number of para-hydroxylation sites is 1. The molecule has 18 heavy (non-hydrogen) atoms. The van der Waals surface area contributed by atoms with Gasteiger partial charge in [-0.15, -0.1) is 0 Å². The molecule has 0 atom stereocenters. The molecule has 0 saturated heterocycles. The summed E-state index contributed by atoms with van der Waals surface area (Å²) in [5.41, 5.74) is 3.25. The fraction of sp³-hybridized carbons (Fsp3) is 0.0667. The van der Waals surface area contributed by atoms with E-state index in [-0.39, 0.29) is 0 Å². The average Bonchev–Trinajstić information content (AvgIpc) is 2.72. The fourth-order valence-corrected chi connectivity index (χ4v) is 2.45. The van der Waals surface area contributed by atoms with Crippen molar-refractivity contribution >= 4 is 21.8 Å². The number of hydrogen-bond acceptors (Lipinski definition) is 2. The molecule has 0 N–H and O–H groups in total. The van der Waals surface area contributed by atoms with Crippen molar-refractivity contribution in [3.05, 3.63) is 47.5 Å². The summed E-state index contributed by atoms with van der Waals surface area (Å²) in [4.78, 5) is 0. The van der Waals surface area contributed by atoms with E-state index in [0.29, 0.717) is 11.1 Å². The molecule has 2 aromatic carbocycles. The highest BCUT2D eigenvalue weighted by atomic mass is 14.9. The second-order valence-corrected chi connectivity index (χ2v) is 4.22. The van der Waals surface area contributed by atoms with E-state index in [1.807, 2.05) is 41.9 Å². The predicted octanol–water partition coefficient (Wildman–Crippen LogP) is 3.07. The van der Waals surface area contributed by atoms with E-state index in [1.54, 1.807) is 6.07 Å². The topological polar surface area (TPSA) is 52.5 Å². The van der Waals surface area contributed by atoms with E-state index in [9.17, 15) is 5.26 Å². The van der Waals surface area contributed by atoms with E-state index >= 15 is 0 Å². The van der Waals surface area contributed by atoms with Crippen LogP contribution in [0.25, 0.3) is 21.8 Å². The SMILES string of the molecule is Cn1c2ccc(C#N)cc2c2cccc(C#N)c21. The molecular weight excluding hydrogens is 222 g/mol. The zero-order valence-corrected chi connectivity index (χ0v) is 9.81. The Morgan fingerprint density at radius 1 is 1.00 bits per heavy atom. The largest absolute Gasteiger partial charge is 0.343 e. The molecule has 0 aliphatic carbocycles. The maximum absolute atomic E-state index is 9.17.